The van der Waals surface area contributed by atoms with Crippen LogP contribution in [0.2, 0.25) is 0 Å². The minimum atomic E-state index is -0.266. The van der Waals surface area contributed by atoms with Gasteiger partial charge in [0.2, 0.25) is 5.91 Å². The normalized spacial score (nSPS) is 19.7. The molecule has 4 rings (SSSR count). The number of hydrogen-bond donors (Lipinski definition) is 0. The van der Waals surface area contributed by atoms with E-state index in [4.69, 9.17) is 0 Å². The Hall–Kier alpha value is -2.93. The number of pyridine rings is 1. The molecule has 1 aromatic carbocycles. The number of piperidine rings is 1. The number of carbonyl (C=O) groups excluding carboxylic acids is 2. The van der Waals surface area contributed by atoms with Crippen molar-refractivity contribution in [2.75, 3.05) is 39.3 Å². The minimum absolute atomic E-state index is 0.184. The number of nitrogens with zero attached hydrogens (tertiary/aromatic N) is 4. The van der Waals surface area contributed by atoms with Gasteiger partial charge in [-0.15, -0.1) is 0 Å². The summed E-state index contributed by atoms with van der Waals surface area (Å²) in [5.74, 6) is -0.0446. The summed E-state index contributed by atoms with van der Waals surface area (Å²) in [4.78, 5) is 44.5. The molecule has 0 N–H and O–H groups in total. The lowest BCUT2D eigenvalue weighted by Gasteiger charge is -2.38. The average molecular weight is 437 g/mol. The largest absolute Gasteiger partial charge is 0.339 e. The first-order valence-electron chi connectivity index (χ1n) is 11.6. The maximum absolute atomic E-state index is 13.1. The van der Waals surface area contributed by atoms with E-state index in [-0.39, 0.29) is 22.9 Å². The molecule has 0 saturated carbocycles. The molecule has 2 amide bonds. The average Bonchev–Trinajstić information content (AvgIpc) is 2.81. The van der Waals surface area contributed by atoms with Crippen molar-refractivity contribution < 1.29 is 9.59 Å². The van der Waals surface area contributed by atoms with Gasteiger partial charge >= 0.3 is 0 Å². The molecule has 2 aromatic rings. The fraction of sp³-hybridized carbons (Fsp3) is 0.480. The van der Waals surface area contributed by atoms with Crippen LogP contribution in [0.15, 0.2) is 53.5 Å². The van der Waals surface area contributed by atoms with Crippen molar-refractivity contribution in [1.82, 2.24) is 19.3 Å². The molecular weight excluding hydrogens is 404 g/mol. The van der Waals surface area contributed by atoms with Crippen molar-refractivity contribution in [3.05, 3.63) is 70.1 Å². The molecule has 0 aliphatic carbocycles. The summed E-state index contributed by atoms with van der Waals surface area (Å²) >= 11 is 0. The molecule has 7 nitrogen and oxygen atoms in total. The zero-order valence-corrected chi connectivity index (χ0v) is 18.8. The quantitative estimate of drug-likeness (QED) is 0.720. The lowest BCUT2D eigenvalue weighted by Crippen LogP contribution is -2.53. The molecule has 3 heterocycles. The van der Waals surface area contributed by atoms with Crippen molar-refractivity contribution in [1.29, 1.82) is 0 Å². The SMILES string of the molecule is CC1CCCCN1C(=O)CN1CCN(C(=O)c2cccn(Cc3ccccc3)c2=O)CC1. The molecule has 2 fully saturated rings. The van der Waals surface area contributed by atoms with Crippen LogP contribution >= 0.6 is 0 Å². The van der Waals surface area contributed by atoms with E-state index in [0.717, 1.165) is 24.9 Å². The summed E-state index contributed by atoms with van der Waals surface area (Å²) in [6, 6.07) is 13.4. The van der Waals surface area contributed by atoms with Gasteiger partial charge in [0.25, 0.3) is 11.5 Å². The van der Waals surface area contributed by atoms with Crippen LogP contribution in [0.4, 0.5) is 0 Å². The van der Waals surface area contributed by atoms with Gasteiger partial charge < -0.3 is 14.4 Å². The Morgan fingerprint density at radius 1 is 0.938 bits per heavy atom. The van der Waals surface area contributed by atoms with Crippen LogP contribution < -0.4 is 5.56 Å². The van der Waals surface area contributed by atoms with Crippen molar-refractivity contribution >= 4 is 11.8 Å². The molecule has 0 bridgehead atoms. The minimum Gasteiger partial charge on any atom is -0.339 e. The summed E-state index contributed by atoms with van der Waals surface area (Å²) in [5, 5.41) is 0. The zero-order valence-electron chi connectivity index (χ0n) is 18.8. The highest BCUT2D eigenvalue weighted by molar-refractivity contribution is 5.94. The van der Waals surface area contributed by atoms with E-state index >= 15 is 0 Å². The van der Waals surface area contributed by atoms with Gasteiger partial charge in [-0.1, -0.05) is 30.3 Å². The number of piperazine rings is 1. The van der Waals surface area contributed by atoms with Gasteiger partial charge in [-0.25, -0.2) is 0 Å². The number of hydrogen-bond acceptors (Lipinski definition) is 4. The Morgan fingerprint density at radius 3 is 2.41 bits per heavy atom. The molecule has 0 radical (unpaired) electrons. The Labute approximate surface area is 189 Å². The van der Waals surface area contributed by atoms with Gasteiger partial charge in [-0.2, -0.15) is 0 Å². The first kappa shape index (κ1) is 22.3. The molecule has 0 spiro atoms. The second-order valence-corrected chi connectivity index (χ2v) is 8.84. The van der Waals surface area contributed by atoms with Crippen LogP contribution in [-0.4, -0.2) is 76.4 Å². The van der Waals surface area contributed by atoms with Gasteiger partial charge in [-0.3, -0.25) is 19.3 Å². The van der Waals surface area contributed by atoms with Crippen LogP contribution in [0.1, 0.15) is 42.1 Å². The fourth-order valence-corrected chi connectivity index (χ4v) is 4.63. The highest BCUT2D eigenvalue weighted by Gasteiger charge is 2.28. The van der Waals surface area contributed by atoms with Crippen molar-refractivity contribution in [2.45, 2.75) is 38.8 Å². The third kappa shape index (κ3) is 5.10. The maximum atomic E-state index is 13.1. The molecule has 7 heteroatoms. The second-order valence-electron chi connectivity index (χ2n) is 8.84. The number of amides is 2. The summed E-state index contributed by atoms with van der Waals surface area (Å²) in [6.07, 6.45) is 5.07. The van der Waals surface area contributed by atoms with E-state index in [0.29, 0.717) is 45.3 Å². The summed E-state index contributed by atoms with van der Waals surface area (Å²) in [7, 11) is 0. The van der Waals surface area contributed by atoms with E-state index in [9.17, 15) is 14.4 Å². The van der Waals surface area contributed by atoms with Gasteiger partial charge in [0, 0.05) is 45.0 Å². The molecule has 1 aromatic heterocycles. The fourth-order valence-electron chi connectivity index (χ4n) is 4.63. The van der Waals surface area contributed by atoms with Crippen molar-refractivity contribution in [3.63, 3.8) is 0 Å². The first-order valence-corrected chi connectivity index (χ1v) is 11.6. The molecule has 32 heavy (non-hydrogen) atoms. The standard InChI is InChI=1S/C25H32N4O3/c1-20-8-5-6-13-29(20)23(30)19-26-14-16-27(17-15-26)24(31)22-11-7-12-28(25(22)32)18-21-9-3-2-4-10-21/h2-4,7,9-12,20H,5-6,8,13-19H2,1H3. The van der Waals surface area contributed by atoms with E-state index in [1.165, 1.54) is 6.42 Å². The van der Waals surface area contributed by atoms with Gasteiger partial charge in [0.15, 0.2) is 0 Å². The summed E-state index contributed by atoms with van der Waals surface area (Å²) in [5.41, 5.74) is 0.952. The highest BCUT2D eigenvalue weighted by Crippen LogP contribution is 2.17. The van der Waals surface area contributed by atoms with Crippen LogP contribution in [0, 0.1) is 0 Å². The second kappa shape index (κ2) is 10.1. The third-order valence-corrected chi connectivity index (χ3v) is 6.59. The number of aromatic nitrogens is 1. The number of carbonyl (C=O) groups is 2. The molecule has 2 saturated heterocycles. The molecule has 2 aliphatic heterocycles. The number of likely N-dealkylation sites (tertiary alicyclic amines) is 1. The summed E-state index contributed by atoms with van der Waals surface area (Å²) in [6.45, 7) is 6.14. The monoisotopic (exact) mass is 436 g/mol. The Morgan fingerprint density at radius 2 is 1.69 bits per heavy atom. The van der Waals surface area contributed by atoms with Crippen molar-refractivity contribution in [3.8, 4) is 0 Å². The lowest BCUT2D eigenvalue weighted by atomic mass is 10.0. The van der Waals surface area contributed by atoms with E-state index in [2.05, 4.69) is 11.8 Å². The zero-order chi connectivity index (χ0) is 22.5. The molecular formula is C25H32N4O3. The lowest BCUT2D eigenvalue weighted by molar-refractivity contribution is -0.136. The summed E-state index contributed by atoms with van der Waals surface area (Å²) < 4.78 is 1.58. The molecule has 170 valence electrons. The molecule has 2 aliphatic rings. The van der Waals surface area contributed by atoms with Crippen molar-refractivity contribution in [2.24, 2.45) is 0 Å². The van der Waals surface area contributed by atoms with Gasteiger partial charge in [0.05, 0.1) is 13.1 Å². The van der Waals surface area contributed by atoms with Crippen LogP contribution in [0.5, 0.6) is 0 Å². The van der Waals surface area contributed by atoms with Crippen LogP contribution in [-0.2, 0) is 11.3 Å². The van der Waals surface area contributed by atoms with Crippen LogP contribution in [0.25, 0.3) is 0 Å². The Bertz CT molecular complexity index is 996. The first-order chi connectivity index (χ1) is 15.5. The maximum Gasteiger partial charge on any atom is 0.263 e. The van der Waals surface area contributed by atoms with E-state index in [1.807, 2.05) is 35.2 Å². The van der Waals surface area contributed by atoms with Gasteiger partial charge in [-0.05, 0) is 43.9 Å². The van der Waals surface area contributed by atoms with E-state index in [1.54, 1.807) is 27.8 Å². The predicted octanol–water partition coefficient (Wildman–Crippen LogP) is 2.06. The molecule has 1 atom stereocenters. The predicted molar refractivity (Wildman–Crippen MR) is 124 cm³/mol. The van der Waals surface area contributed by atoms with E-state index < -0.39 is 0 Å². The topological polar surface area (TPSA) is 65.9 Å². The Kier molecular flexibility index (Phi) is 7.05. The third-order valence-electron chi connectivity index (χ3n) is 6.59. The smallest absolute Gasteiger partial charge is 0.263 e. The Balaban J connectivity index is 1.35. The number of benzene rings is 1. The highest BCUT2D eigenvalue weighted by atomic mass is 16.2. The molecule has 1 unspecified atom stereocenters. The van der Waals surface area contributed by atoms with Gasteiger partial charge in [0.1, 0.15) is 5.56 Å². The number of rotatable bonds is 5. The van der Waals surface area contributed by atoms with Crippen LogP contribution in [0.3, 0.4) is 0 Å².